The minimum Gasteiger partial charge on any atom is -0.497 e. The average molecular weight is 354 g/mol. The molecule has 0 saturated carbocycles. The van der Waals surface area contributed by atoms with Crippen LogP contribution in [-0.2, 0) is 6.54 Å². The molecule has 0 aliphatic heterocycles. The second-order valence-corrected chi connectivity index (χ2v) is 5.23. The lowest BCUT2D eigenvalue weighted by Crippen LogP contribution is -2.28. The average Bonchev–Trinajstić information content (AvgIpc) is 3.16. The third-order valence-corrected chi connectivity index (χ3v) is 3.56. The number of amides is 2. The van der Waals surface area contributed by atoms with Crippen LogP contribution in [0.15, 0.2) is 48.9 Å². The first-order valence-corrected chi connectivity index (χ1v) is 7.78. The zero-order chi connectivity index (χ0) is 18.4. The molecule has 2 amide bonds. The predicted molar refractivity (Wildman–Crippen MR) is 94.6 cm³/mol. The Morgan fingerprint density at radius 3 is 2.69 bits per heavy atom. The molecular formula is C17H18N6O3. The van der Waals surface area contributed by atoms with Gasteiger partial charge in [-0.15, -0.1) is 5.10 Å². The van der Waals surface area contributed by atoms with E-state index in [0.29, 0.717) is 22.9 Å². The van der Waals surface area contributed by atoms with Crippen molar-refractivity contribution < 1.29 is 14.3 Å². The van der Waals surface area contributed by atoms with Crippen LogP contribution in [0.3, 0.4) is 0 Å². The number of ether oxygens (including phenoxy) is 2. The van der Waals surface area contributed by atoms with E-state index < -0.39 is 0 Å². The SMILES string of the molecule is COc1ccc(NC(=O)NCc2cn(-c3ccncc3)nn2)c(OC)c1. The van der Waals surface area contributed by atoms with Gasteiger partial charge in [-0.05, 0) is 24.3 Å². The highest BCUT2D eigenvalue weighted by Gasteiger charge is 2.10. The molecule has 0 radical (unpaired) electrons. The summed E-state index contributed by atoms with van der Waals surface area (Å²) in [6, 6.07) is 8.38. The van der Waals surface area contributed by atoms with Gasteiger partial charge in [-0.2, -0.15) is 0 Å². The molecule has 2 N–H and O–H groups in total. The first-order valence-electron chi connectivity index (χ1n) is 7.78. The lowest BCUT2D eigenvalue weighted by molar-refractivity contribution is 0.251. The standard InChI is InChI=1S/C17H18N6O3/c1-25-14-3-4-15(16(9-14)26-2)20-17(24)19-10-12-11-23(22-21-12)13-5-7-18-8-6-13/h3-9,11H,10H2,1-2H3,(H2,19,20,24). The van der Waals surface area contributed by atoms with Crippen LogP contribution in [0.5, 0.6) is 11.5 Å². The highest BCUT2D eigenvalue weighted by atomic mass is 16.5. The van der Waals surface area contributed by atoms with E-state index in [1.807, 2.05) is 12.1 Å². The van der Waals surface area contributed by atoms with E-state index in [4.69, 9.17) is 9.47 Å². The number of aromatic nitrogens is 4. The molecule has 0 saturated heterocycles. The van der Waals surface area contributed by atoms with Crippen molar-refractivity contribution in [2.45, 2.75) is 6.54 Å². The number of pyridine rings is 1. The van der Waals surface area contributed by atoms with Gasteiger partial charge in [0.2, 0.25) is 0 Å². The number of benzene rings is 1. The van der Waals surface area contributed by atoms with Gasteiger partial charge in [0.05, 0.1) is 38.3 Å². The summed E-state index contributed by atoms with van der Waals surface area (Å²) in [6.07, 6.45) is 5.08. The number of carbonyl (C=O) groups excluding carboxylic acids is 1. The fraction of sp³-hybridized carbons (Fsp3) is 0.176. The van der Waals surface area contributed by atoms with E-state index in [2.05, 4.69) is 25.9 Å². The van der Waals surface area contributed by atoms with Crippen molar-refractivity contribution in [3.8, 4) is 17.2 Å². The molecule has 1 aromatic carbocycles. The molecule has 26 heavy (non-hydrogen) atoms. The van der Waals surface area contributed by atoms with Gasteiger partial charge >= 0.3 is 6.03 Å². The fourth-order valence-electron chi connectivity index (χ4n) is 2.24. The second kappa shape index (κ2) is 7.97. The zero-order valence-electron chi connectivity index (χ0n) is 14.3. The number of rotatable bonds is 6. The van der Waals surface area contributed by atoms with Crippen molar-refractivity contribution in [1.29, 1.82) is 0 Å². The molecule has 0 bridgehead atoms. The van der Waals surface area contributed by atoms with Crippen LogP contribution < -0.4 is 20.1 Å². The predicted octanol–water partition coefficient (Wildman–Crippen LogP) is 2.00. The van der Waals surface area contributed by atoms with Gasteiger partial charge in [-0.1, -0.05) is 5.21 Å². The summed E-state index contributed by atoms with van der Waals surface area (Å²) in [4.78, 5) is 16.1. The highest BCUT2D eigenvalue weighted by Crippen LogP contribution is 2.28. The van der Waals surface area contributed by atoms with Crippen molar-refractivity contribution in [3.05, 3.63) is 54.6 Å². The van der Waals surface area contributed by atoms with Gasteiger partial charge in [0.15, 0.2) is 0 Å². The van der Waals surface area contributed by atoms with E-state index >= 15 is 0 Å². The lowest BCUT2D eigenvalue weighted by atomic mass is 10.2. The summed E-state index contributed by atoms with van der Waals surface area (Å²) in [5.41, 5.74) is 2.00. The summed E-state index contributed by atoms with van der Waals surface area (Å²) >= 11 is 0. The van der Waals surface area contributed by atoms with Crippen molar-refractivity contribution in [1.82, 2.24) is 25.3 Å². The first-order chi connectivity index (χ1) is 12.7. The minimum absolute atomic E-state index is 0.232. The zero-order valence-corrected chi connectivity index (χ0v) is 14.3. The molecule has 9 nitrogen and oxygen atoms in total. The minimum atomic E-state index is -0.382. The number of nitrogens with zero attached hydrogens (tertiary/aromatic N) is 4. The molecule has 0 aliphatic rings. The van der Waals surface area contributed by atoms with Gasteiger partial charge in [0, 0.05) is 18.5 Å². The van der Waals surface area contributed by atoms with Crippen LogP contribution in [0.1, 0.15) is 5.69 Å². The van der Waals surface area contributed by atoms with E-state index in [1.54, 1.807) is 48.6 Å². The Labute approximate surface area is 150 Å². The Morgan fingerprint density at radius 1 is 1.15 bits per heavy atom. The quantitative estimate of drug-likeness (QED) is 0.702. The molecule has 0 spiro atoms. The summed E-state index contributed by atoms with van der Waals surface area (Å²) in [6.45, 7) is 0.232. The van der Waals surface area contributed by atoms with Gasteiger partial charge in [-0.25, -0.2) is 9.48 Å². The summed E-state index contributed by atoms with van der Waals surface area (Å²) in [5.74, 6) is 1.14. The van der Waals surface area contributed by atoms with Crippen LogP contribution in [0.2, 0.25) is 0 Å². The molecule has 134 valence electrons. The maximum Gasteiger partial charge on any atom is 0.319 e. The van der Waals surface area contributed by atoms with Gasteiger partial charge in [0.1, 0.15) is 17.2 Å². The van der Waals surface area contributed by atoms with Gasteiger partial charge < -0.3 is 20.1 Å². The van der Waals surface area contributed by atoms with E-state index in [9.17, 15) is 4.79 Å². The number of hydrogen-bond donors (Lipinski definition) is 2. The van der Waals surface area contributed by atoms with E-state index in [-0.39, 0.29) is 12.6 Å². The third-order valence-electron chi connectivity index (χ3n) is 3.56. The lowest BCUT2D eigenvalue weighted by Gasteiger charge is -2.11. The van der Waals surface area contributed by atoms with Gasteiger partial charge in [0.25, 0.3) is 0 Å². The van der Waals surface area contributed by atoms with Crippen LogP contribution >= 0.6 is 0 Å². The Hall–Kier alpha value is -3.62. The maximum absolute atomic E-state index is 12.1. The molecule has 3 rings (SSSR count). The third kappa shape index (κ3) is 4.07. The molecule has 0 aliphatic carbocycles. The monoisotopic (exact) mass is 354 g/mol. The van der Waals surface area contributed by atoms with Crippen LogP contribution in [0.4, 0.5) is 10.5 Å². The smallest absolute Gasteiger partial charge is 0.319 e. The molecule has 2 heterocycles. The summed E-state index contributed by atoms with van der Waals surface area (Å²) in [5, 5.41) is 13.5. The number of hydrogen-bond acceptors (Lipinski definition) is 6. The normalized spacial score (nSPS) is 10.2. The van der Waals surface area contributed by atoms with Crippen molar-refractivity contribution >= 4 is 11.7 Å². The number of urea groups is 1. The molecule has 2 aromatic heterocycles. The van der Waals surface area contributed by atoms with Crippen molar-refractivity contribution in [2.75, 3.05) is 19.5 Å². The molecular weight excluding hydrogens is 336 g/mol. The molecule has 0 unspecified atom stereocenters. The van der Waals surface area contributed by atoms with E-state index in [1.165, 1.54) is 7.11 Å². The first kappa shape index (κ1) is 17.2. The largest absolute Gasteiger partial charge is 0.497 e. The Morgan fingerprint density at radius 2 is 1.96 bits per heavy atom. The Bertz CT molecular complexity index is 881. The molecule has 3 aromatic rings. The molecule has 0 fully saturated rings. The van der Waals surface area contributed by atoms with Crippen molar-refractivity contribution in [2.24, 2.45) is 0 Å². The van der Waals surface area contributed by atoms with E-state index in [0.717, 1.165) is 5.69 Å². The molecule has 0 atom stereocenters. The van der Waals surface area contributed by atoms with Crippen LogP contribution in [0.25, 0.3) is 5.69 Å². The second-order valence-electron chi connectivity index (χ2n) is 5.23. The number of carbonyl (C=O) groups is 1. The molecule has 9 heteroatoms. The highest BCUT2D eigenvalue weighted by molar-refractivity contribution is 5.91. The van der Waals surface area contributed by atoms with Gasteiger partial charge in [-0.3, -0.25) is 4.98 Å². The maximum atomic E-state index is 12.1. The van der Waals surface area contributed by atoms with Crippen LogP contribution in [-0.4, -0.2) is 40.2 Å². The van der Waals surface area contributed by atoms with Crippen molar-refractivity contribution in [3.63, 3.8) is 0 Å². The number of nitrogens with one attached hydrogen (secondary N) is 2. The van der Waals surface area contributed by atoms with Crippen LogP contribution in [0, 0.1) is 0 Å². The topological polar surface area (TPSA) is 103 Å². The summed E-state index contributed by atoms with van der Waals surface area (Å²) < 4.78 is 12.0. The Balaban J connectivity index is 1.59. The Kier molecular flexibility index (Phi) is 5.28. The number of anilines is 1. The number of methoxy groups -OCH3 is 2. The fourth-order valence-corrected chi connectivity index (χ4v) is 2.24. The summed E-state index contributed by atoms with van der Waals surface area (Å²) in [7, 11) is 3.09.